The number of nitrogens with zero attached hydrogens (tertiary/aromatic N) is 1. The van der Waals surface area contributed by atoms with E-state index in [0.717, 1.165) is 5.03 Å². The lowest BCUT2D eigenvalue weighted by Gasteiger charge is -2.15. The zero-order chi connectivity index (χ0) is 6.69. The van der Waals surface area contributed by atoms with Crippen molar-refractivity contribution in [1.82, 2.24) is 4.90 Å². The first-order chi connectivity index (χ1) is 4.34. The van der Waals surface area contributed by atoms with Gasteiger partial charge in [0.15, 0.2) is 0 Å². The highest BCUT2D eigenvalue weighted by Crippen LogP contribution is 2.16. The molecule has 1 aliphatic rings. The predicted molar refractivity (Wildman–Crippen MR) is 43.6 cm³/mol. The van der Waals surface area contributed by atoms with E-state index in [2.05, 4.69) is 23.6 Å². The van der Waals surface area contributed by atoms with E-state index in [1.807, 2.05) is 6.92 Å². The zero-order valence-corrected chi connectivity index (χ0v) is 6.69. The highest BCUT2D eigenvalue weighted by Gasteiger charge is 2.10. The number of allylic oxidation sites excluding steroid dienone is 1. The van der Waals surface area contributed by atoms with Crippen molar-refractivity contribution in [2.24, 2.45) is 0 Å². The largest absolute Gasteiger partial charge is 0.367 e. The lowest BCUT2D eigenvalue weighted by atomic mass is 10.4. The van der Waals surface area contributed by atoms with Gasteiger partial charge in [0, 0.05) is 13.1 Å². The van der Waals surface area contributed by atoms with Crippen molar-refractivity contribution < 1.29 is 0 Å². The Bertz CT molecular complexity index is 114. The minimum Gasteiger partial charge on any atom is -0.367 e. The molecule has 1 aliphatic heterocycles. The third-order valence-electron chi connectivity index (χ3n) is 1.69. The Labute approximate surface area is 62.1 Å². The second kappa shape index (κ2) is 3.16. The van der Waals surface area contributed by atoms with Crippen LogP contribution in [0.3, 0.4) is 0 Å². The van der Waals surface area contributed by atoms with E-state index in [0.29, 0.717) is 0 Å². The molecule has 1 fully saturated rings. The summed E-state index contributed by atoms with van der Waals surface area (Å²) in [7, 11) is 0. The number of rotatable bonds is 1. The molecule has 0 saturated carbocycles. The molecule has 1 heterocycles. The van der Waals surface area contributed by atoms with Crippen LogP contribution in [-0.2, 0) is 0 Å². The van der Waals surface area contributed by atoms with Crippen molar-refractivity contribution in [1.29, 1.82) is 0 Å². The summed E-state index contributed by atoms with van der Waals surface area (Å²) in [5, 5.41) is 1.13. The summed E-state index contributed by atoms with van der Waals surface area (Å²) in [5.41, 5.74) is 0. The van der Waals surface area contributed by atoms with Crippen LogP contribution >= 0.6 is 12.6 Å². The molecule has 0 aromatic heterocycles. The monoisotopic (exact) mass is 143 g/mol. The van der Waals surface area contributed by atoms with E-state index in [9.17, 15) is 0 Å². The first-order valence-electron chi connectivity index (χ1n) is 3.45. The maximum absolute atomic E-state index is 4.31. The summed E-state index contributed by atoms with van der Waals surface area (Å²) >= 11 is 4.31. The fourth-order valence-corrected chi connectivity index (χ4v) is 1.33. The fraction of sp³-hybridized carbons (Fsp3) is 0.714. The van der Waals surface area contributed by atoms with Gasteiger partial charge in [-0.25, -0.2) is 0 Å². The molecule has 0 aromatic carbocycles. The van der Waals surface area contributed by atoms with Gasteiger partial charge in [-0.2, -0.15) is 0 Å². The standard InChI is InChI=1S/C7H13NS/c1-2-7(9)8-5-3-4-6-8/h2,9H,3-6H2,1H3/b7-2-. The molecule has 0 aliphatic carbocycles. The Morgan fingerprint density at radius 3 is 2.44 bits per heavy atom. The van der Waals surface area contributed by atoms with Crippen LogP contribution in [0.2, 0.25) is 0 Å². The lowest BCUT2D eigenvalue weighted by molar-refractivity contribution is 0.457. The number of hydrogen-bond acceptors (Lipinski definition) is 2. The Kier molecular flexibility index (Phi) is 2.46. The van der Waals surface area contributed by atoms with Gasteiger partial charge >= 0.3 is 0 Å². The molecule has 0 atom stereocenters. The van der Waals surface area contributed by atoms with Crippen LogP contribution < -0.4 is 0 Å². The molecule has 1 nitrogen and oxygen atoms in total. The summed E-state index contributed by atoms with van der Waals surface area (Å²) in [6.07, 6.45) is 4.71. The zero-order valence-electron chi connectivity index (χ0n) is 5.80. The van der Waals surface area contributed by atoms with Gasteiger partial charge in [0.1, 0.15) is 0 Å². The first kappa shape index (κ1) is 7.00. The van der Waals surface area contributed by atoms with Gasteiger partial charge in [-0.1, -0.05) is 6.08 Å². The Balaban J connectivity index is 2.42. The van der Waals surface area contributed by atoms with Gasteiger partial charge in [-0.15, -0.1) is 12.6 Å². The molecular weight excluding hydrogens is 130 g/mol. The van der Waals surface area contributed by atoms with Crippen molar-refractivity contribution in [3.05, 3.63) is 11.1 Å². The molecule has 52 valence electrons. The van der Waals surface area contributed by atoms with E-state index in [-0.39, 0.29) is 0 Å². The number of likely N-dealkylation sites (tertiary alicyclic amines) is 1. The summed E-state index contributed by atoms with van der Waals surface area (Å²) in [6, 6.07) is 0. The number of hydrogen-bond donors (Lipinski definition) is 1. The minimum atomic E-state index is 1.13. The quantitative estimate of drug-likeness (QED) is 0.548. The summed E-state index contributed by atoms with van der Waals surface area (Å²) in [5.74, 6) is 0. The third kappa shape index (κ3) is 1.65. The second-order valence-electron chi connectivity index (χ2n) is 2.34. The maximum atomic E-state index is 4.31. The van der Waals surface area contributed by atoms with Gasteiger partial charge in [-0.05, 0) is 19.8 Å². The van der Waals surface area contributed by atoms with E-state index in [4.69, 9.17) is 0 Å². The molecule has 0 spiro atoms. The minimum absolute atomic E-state index is 1.13. The average Bonchev–Trinajstić information content (AvgIpc) is 2.37. The van der Waals surface area contributed by atoms with Crippen molar-refractivity contribution in [2.75, 3.05) is 13.1 Å². The Morgan fingerprint density at radius 1 is 1.44 bits per heavy atom. The molecule has 2 heteroatoms. The van der Waals surface area contributed by atoms with Crippen molar-refractivity contribution in [3.63, 3.8) is 0 Å². The fourth-order valence-electron chi connectivity index (χ4n) is 1.13. The Hall–Kier alpha value is -0.110. The van der Waals surface area contributed by atoms with Crippen LogP contribution in [0.1, 0.15) is 19.8 Å². The van der Waals surface area contributed by atoms with Crippen LogP contribution in [0.25, 0.3) is 0 Å². The van der Waals surface area contributed by atoms with Gasteiger partial charge in [-0.3, -0.25) is 0 Å². The van der Waals surface area contributed by atoms with E-state index >= 15 is 0 Å². The van der Waals surface area contributed by atoms with E-state index in [1.165, 1.54) is 25.9 Å². The molecule has 0 aromatic rings. The van der Waals surface area contributed by atoms with Crippen LogP contribution in [0.5, 0.6) is 0 Å². The molecule has 1 rings (SSSR count). The second-order valence-corrected chi connectivity index (χ2v) is 2.80. The maximum Gasteiger partial charge on any atom is 0.0632 e. The van der Waals surface area contributed by atoms with Crippen LogP contribution in [0.15, 0.2) is 11.1 Å². The molecular formula is C7H13NS. The van der Waals surface area contributed by atoms with Crippen LogP contribution in [0.4, 0.5) is 0 Å². The molecule has 1 saturated heterocycles. The SMILES string of the molecule is C/C=C(\S)N1CCCC1. The summed E-state index contributed by atoms with van der Waals surface area (Å²) < 4.78 is 0. The molecule has 0 unspecified atom stereocenters. The normalized spacial score (nSPS) is 21.1. The van der Waals surface area contributed by atoms with Crippen molar-refractivity contribution in [3.8, 4) is 0 Å². The lowest BCUT2D eigenvalue weighted by Crippen LogP contribution is -2.14. The molecule has 0 radical (unpaired) electrons. The van der Waals surface area contributed by atoms with Gasteiger partial charge in [0.2, 0.25) is 0 Å². The molecule has 0 bridgehead atoms. The topological polar surface area (TPSA) is 3.24 Å². The van der Waals surface area contributed by atoms with Gasteiger partial charge in [0.25, 0.3) is 0 Å². The summed E-state index contributed by atoms with van der Waals surface area (Å²) in [4.78, 5) is 2.31. The predicted octanol–water partition coefficient (Wildman–Crippen LogP) is 1.87. The van der Waals surface area contributed by atoms with Crippen molar-refractivity contribution >= 4 is 12.6 Å². The van der Waals surface area contributed by atoms with E-state index < -0.39 is 0 Å². The Morgan fingerprint density at radius 2 is 2.00 bits per heavy atom. The average molecular weight is 143 g/mol. The molecule has 9 heavy (non-hydrogen) atoms. The van der Waals surface area contributed by atoms with E-state index in [1.54, 1.807) is 0 Å². The first-order valence-corrected chi connectivity index (χ1v) is 3.89. The van der Waals surface area contributed by atoms with Crippen LogP contribution in [0, 0.1) is 0 Å². The van der Waals surface area contributed by atoms with Crippen molar-refractivity contribution in [2.45, 2.75) is 19.8 Å². The molecule has 0 amide bonds. The third-order valence-corrected chi connectivity index (χ3v) is 2.23. The smallest absolute Gasteiger partial charge is 0.0632 e. The molecule has 0 N–H and O–H groups in total. The number of thiol groups is 1. The van der Waals surface area contributed by atoms with Gasteiger partial charge < -0.3 is 4.90 Å². The highest BCUT2D eigenvalue weighted by molar-refractivity contribution is 7.84. The highest BCUT2D eigenvalue weighted by atomic mass is 32.1. The van der Waals surface area contributed by atoms with Gasteiger partial charge in [0.05, 0.1) is 5.03 Å². The summed E-state index contributed by atoms with van der Waals surface area (Å²) in [6.45, 7) is 4.42. The van der Waals surface area contributed by atoms with Crippen LogP contribution in [-0.4, -0.2) is 18.0 Å².